The summed E-state index contributed by atoms with van der Waals surface area (Å²) in [5, 5.41) is 0. The van der Waals surface area contributed by atoms with Crippen molar-refractivity contribution in [3.8, 4) is 5.75 Å². The summed E-state index contributed by atoms with van der Waals surface area (Å²) in [5.74, 6) is 0.363. The molecular formula is C16H24FNO2. The Morgan fingerprint density at radius 2 is 1.70 bits per heavy atom. The first-order valence-electron chi connectivity index (χ1n) is 7.05. The maximum atomic E-state index is 13.4. The van der Waals surface area contributed by atoms with Gasteiger partial charge in [0, 0.05) is 13.1 Å². The van der Waals surface area contributed by atoms with Gasteiger partial charge in [-0.1, -0.05) is 39.8 Å². The Bertz CT molecular complexity index is 422. The predicted octanol–water partition coefficient (Wildman–Crippen LogP) is 3.35. The second-order valence-electron chi connectivity index (χ2n) is 5.81. The van der Waals surface area contributed by atoms with Gasteiger partial charge in [0.15, 0.2) is 18.2 Å². The highest BCUT2D eigenvalue weighted by molar-refractivity contribution is 5.77. The number of amides is 1. The summed E-state index contributed by atoms with van der Waals surface area (Å²) in [7, 11) is 0. The maximum absolute atomic E-state index is 13.4. The van der Waals surface area contributed by atoms with E-state index in [0.717, 1.165) is 0 Å². The van der Waals surface area contributed by atoms with Gasteiger partial charge in [-0.3, -0.25) is 4.79 Å². The standard InChI is InChI=1S/C16H24FNO2/c1-12(2)9-18(10-13(3)4)16(19)11-20-15-8-6-5-7-14(15)17/h5-8,12-13H,9-11H2,1-4H3. The molecule has 1 aromatic carbocycles. The average molecular weight is 281 g/mol. The van der Waals surface area contributed by atoms with E-state index in [4.69, 9.17) is 4.74 Å². The van der Waals surface area contributed by atoms with Crippen LogP contribution in [0.2, 0.25) is 0 Å². The van der Waals surface area contributed by atoms with Gasteiger partial charge in [0.25, 0.3) is 5.91 Å². The molecule has 0 heterocycles. The minimum atomic E-state index is -0.445. The fraction of sp³-hybridized carbons (Fsp3) is 0.562. The molecule has 0 spiro atoms. The van der Waals surface area contributed by atoms with E-state index >= 15 is 0 Å². The van der Waals surface area contributed by atoms with Crippen molar-refractivity contribution in [1.29, 1.82) is 0 Å². The summed E-state index contributed by atoms with van der Waals surface area (Å²) in [6, 6.07) is 6.12. The normalized spacial score (nSPS) is 10.9. The van der Waals surface area contributed by atoms with Crippen molar-refractivity contribution in [3.05, 3.63) is 30.1 Å². The third-order valence-electron chi connectivity index (χ3n) is 2.71. The number of rotatable bonds is 7. The molecule has 0 saturated heterocycles. The fourth-order valence-corrected chi connectivity index (χ4v) is 1.95. The zero-order valence-corrected chi connectivity index (χ0v) is 12.7. The van der Waals surface area contributed by atoms with E-state index in [1.807, 2.05) is 0 Å². The molecule has 0 aliphatic carbocycles. The van der Waals surface area contributed by atoms with Crippen molar-refractivity contribution in [3.63, 3.8) is 0 Å². The number of halogens is 1. The highest BCUT2D eigenvalue weighted by atomic mass is 19.1. The summed E-state index contributed by atoms with van der Waals surface area (Å²) in [5.41, 5.74) is 0. The summed E-state index contributed by atoms with van der Waals surface area (Å²) < 4.78 is 18.7. The number of carbonyl (C=O) groups excluding carboxylic acids is 1. The SMILES string of the molecule is CC(C)CN(CC(C)C)C(=O)COc1ccccc1F. The molecule has 0 N–H and O–H groups in total. The van der Waals surface area contributed by atoms with Gasteiger partial charge in [-0.15, -0.1) is 0 Å². The van der Waals surface area contributed by atoms with Crippen LogP contribution in [-0.2, 0) is 4.79 Å². The largest absolute Gasteiger partial charge is 0.481 e. The van der Waals surface area contributed by atoms with Crippen molar-refractivity contribution in [1.82, 2.24) is 4.90 Å². The highest BCUT2D eigenvalue weighted by Crippen LogP contribution is 2.15. The van der Waals surface area contributed by atoms with Crippen molar-refractivity contribution in [2.45, 2.75) is 27.7 Å². The van der Waals surface area contributed by atoms with Gasteiger partial charge in [-0.2, -0.15) is 0 Å². The summed E-state index contributed by atoms with van der Waals surface area (Å²) >= 11 is 0. The Morgan fingerprint density at radius 3 is 2.20 bits per heavy atom. The zero-order valence-electron chi connectivity index (χ0n) is 12.7. The first kappa shape index (κ1) is 16.5. The predicted molar refractivity (Wildman–Crippen MR) is 78.2 cm³/mol. The van der Waals surface area contributed by atoms with Crippen LogP contribution in [0.15, 0.2) is 24.3 Å². The van der Waals surface area contributed by atoms with Crippen LogP contribution in [0.3, 0.4) is 0 Å². The Labute approximate surface area is 120 Å². The first-order chi connectivity index (χ1) is 9.40. The molecule has 0 bridgehead atoms. The quantitative estimate of drug-likeness (QED) is 0.767. The Morgan fingerprint density at radius 1 is 1.15 bits per heavy atom. The minimum absolute atomic E-state index is 0.101. The minimum Gasteiger partial charge on any atom is -0.481 e. The summed E-state index contributed by atoms with van der Waals surface area (Å²) in [4.78, 5) is 14.0. The van der Waals surface area contributed by atoms with E-state index in [1.54, 1.807) is 17.0 Å². The number of para-hydroxylation sites is 1. The van der Waals surface area contributed by atoms with Crippen LogP contribution < -0.4 is 4.74 Å². The van der Waals surface area contributed by atoms with Gasteiger partial charge in [-0.25, -0.2) is 4.39 Å². The Kier molecular flexibility index (Phi) is 6.49. The van der Waals surface area contributed by atoms with Crippen molar-refractivity contribution in [2.75, 3.05) is 19.7 Å². The Hall–Kier alpha value is -1.58. The molecule has 0 saturated carbocycles. The van der Waals surface area contributed by atoms with Gasteiger partial charge in [-0.05, 0) is 24.0 Å². The maximum Gasteiger partial charge on any atom is 0.260 e. The molecule has 112 valence electrons. The van der Waals surface area contributed by atoms with Crippen molar-refractivity contribution in [2.24, 2.45) is 11.8 Å². The first-order valence-corrected chi connectivity index (χ1v) is 7.05. The van der Waals surface area contributed by atoms with Crippen molar-refractivity contribution < 1.29 is 13.9 Å². The topological polar surface area (TPSA) is 29.5 Å². The third kappa shape index (κ3) is 5.59. The van der Waals surface area contributed by atoms with Crippen LogP contribution in [0.5, 0.6) is 5.75 Å². The molecule has 20 heavy (non-hydrogen) atoms. The highest BCUT2D eigenvalue weighted by Gasteiger charge is 2.17. The molecule has 0 fully saturated rings. The Balaban J connectivity index is 2.59. The molecule has 0 aliphatic heterocycles. The molecule has 4 heteroatoms. The average Bonchev–Trinajstić information content (AvgIpc) is 2.35. The summed E-state index contributed by atoms with van der Waals surface area (Å²) in [6.07, 6.45) is 0. The monoisotopic (exact) mass is 281 g/mol. The number of hydrogen-bond donors (Lipinski definition) is 0. The lowest BCUT2D eigenvalue weighted by molar-refractivity contribution is -0.134. The molecule has 1 rings (SSSR count). The van der Waals surface area contributed by atoms with Crippen LogP contribution in [0.4, 0.5) is 4.39 Å². The molecule has 0 aromatic heterocycles. The molecule has 0 atom stereocenters. The molecule has 0 aliphatic rings. The molecule has 3 nitrogen and oxygen atoms in total. The smallest absolute Gasteiger partial charge is 0.260 e. The van der Waals surface area contributed by atoms with Crippen LogP contribution >= 0.6 is 0 Å². The van der Waals surface area contributed by atoms with Gasteiger partial charge >= 0.3 is 0 Å². The molecule has 1 amide bonds. The number of ether oxygens (including phenoxy) is 1. The van der Waals surface area contributed by atoms with Gasteiger partial charge in [0.05, 0.1) is 0 Å². The molecule has 0 radical (unpaired) electrons. The molecule has 1 aromatic rings. The molecular weight excluding hydrogens is 257 g/mol. The van der Waals surface area contributed by atoms with E-state index in [0.29, 0.717) is 24.9 Å². The van der Waals surface area contributed by atoms with E-state index in [2.05, 4.69) is 27.7 Å². The van der Waals surface area contributed by atoms with E-state index in [9.17, 15) is 9.18 Å². The van der Waals surface area contributed by atoms with E-state index in [-0.39, 0.29) is 18.3 Å². The van der Waals surface area contributed by atoms with Crippen LogP contribution in [-0.4, -0.2) is 30.5 Å². The lowest BCUT2D eigenvalue weighted by Crippen LogP contribution is -2.39. The number of nitrogens with zero attached hydrogens (tertiary/aromatic N) is 1. The van der Waals surface area contributed by atoms with Crippen LogP contribution in [0.1, 0.15) is 27.7 Å². The second-order valence-corrected chi connectivity index (χ2v) is 5.81. The number of carbonyl (C=O) groups is 1. The van der Waals surface area contributed by atoms with Gasteiger partial charge in [0.2, 0.25) is 0 Å². The second kappa shape index (κ2) is 7.88. The third-order valence-corrected chi connectivity index (χ3v) is 2.71. The van der Waals surface area contributed by atoms with Gasteiger partial charge < -0.3 is 9.64 Å². The van der Waals surface area contributed by atoms with Crippen molar-refractivity contribution >= 4 is 5.91 Å². The lowest BCUT2D eigenvalue weighted by atomic mass is 10.1. The van der Waals surface area contributed by atoms with E-state index < -0.39 is 5.82 Å². The number of benzene rings is 1. The molecule has 0 unspecified atom stereocenters. The van der Waals surface area contributed by atoms with Crippen LogP contribution in [0.25, 0.3) is 0 Å². The van der Waals surface area contributed by atoms with E-state index in [1.165, 1.54) is 12.1 Å². The zero-order chi connectivity index (χ0) is 15.1. The lowest BCUT2D eigenvalue weighted by Gasteiger charge is -2.26. The van der Waals surface area contributed by atoms with Gasteiger partial charge in [0.1, 0.15) is 0 Å². The number of hydrogen-bond acceptors (Lipinski definition) is 2. The fourth-order valence-electron chi connectivity index (χ4n) is 1.95. The van der Waals surface area contributed by atoms with Crippen LogP contribution in [0, 0.1) is 17.7 Å². The summed E-state index contributed by atoms with van der Waals surface area (Å²) in [6.45, 7) is 9.53.